The highest BCUT2D eigenvalue weighted by molar-refractivity contribution is 6.35. The van der Waals surface area contributed by atoms with E-state index in [0.29, 0.717) is 16.7 Å². The van der Waals surface area contributed by atoms with Crippen LogP contribution >= 0.6 is 23.2 Å². The molecule has 1 atom stereocenters. The third-order valence-corrected chi connectivity index (χ3v) is 2.92. The normalized spacial score (nSPS) is 24.9. The Morgan fingerprint density at radius 2 is 2.20 bits per heavy atom. The molecule has 1 aromatic rings. The Morgan fingerprint density at radius 1 is 1.47 bits per heavy atom. The van der Waals surface area contributed by atoms with E-state index in [-0.39, 0.29) is 6.02 Å². The molecule has 3 nitrogen and oxygen atoms in total. The Bertz CT molecular complexity index is 433. The van der Waals surface area contributed by atoms with Gasteiger partial charge in [0.25, 0.3) is 6.02 Å². The van der Waals surface area contributed by atoms with Crippen LogP contribution in [0.3, 0.4) is 0 Å². The van der Waals surface area contributed by atoms with E-state index in [2.05, 4.69) is 4.99 Å². The Labute approximate surface area is 97.8 Å². The van der Waals surface area contributed by atoms with Crippen molar-refractivity contribution in [2.24, 2.45) is 10.7 Å². The average Bonchev–Trinajstić information content (AvgIpc) is 2.46. The molecule has 1 aliphatic rings. The van der Waals surface area contributed by atoms with Gasteiger partial charge in [-0.15, -0.1) is 0 Å². The van der Waals surface area contributed by atoms with Crippen LogP contribution in [-0.4, -0.2) is 12.6 Å². The zero-order valence-corrected chi connectivity index (χ0v) is 9.64. The minimum Gasteiger partial charge on any atom is -0.462 e. The van der Waals surface area contributed by atoms with Gasteiger partial charge in [0, 0.05) is 15.6 Å². The average molecular weight is 245 g/mol. The van der Waals surface area contributed by atoms with Gasteiger partial charge in [0.1, 0.15) is 12.1 Å². The summed E-state index contributed by atoms with van der Waals surface area (Å²) in [5, 5.41) is 1.18. The van der Waals surface area contributed by atoms with Crippen molar-refractivity contribution in [2.75, 3.05) is 6.61 Å². The summed E-state index contributed by atoms with van der Waals surface area (Å²) in [7, 11) is 0. The summed E-state index contributed by atoms with van der Waals surface area (Å²) in [6, 6.07) is 5.51. The van der Waals surface area contributed by atoms with Gasteiger partial charge in [-0.25, -0.2) is 4.99 Å². The Morgan fingerprint density at radius 3 is 2.73 bits per heavy atom. The molecule has 0 fully saturated rings. The maximum atomic E-state index is 6.10. The smallest absolute Gasteiger partial charge is 0.283 e. The summed E-state index contributed by atoms with van der Waals surface area (Å²) >= 11 is 11.9. The number of halogens is 2. The quantitative estimate of drug-likeness (QED) is 0.826. The van der Waals surface area contributed by atoms with E-state index in [1.807, 2.05) is 13.0 Å². The molecule has 0 aromatic heterocycles. The summed E-state index contributed by atoms with van der Waals surface area (Å²) in [5.41, 5.74) is 5.85. The van der Waals surface area contributed by atoms with Gasteiger partial charge in [-0.3, -0.25) is 0 Å². The largest absolute Gasteiger partial charge is 0.462 e. The number of amidine groups is 1. The molecule has 1 heterocycles. The van der Waals surface area contributed by atoms with E-state index in [1.165, 1.54) is 0 Å². The number of hydrogen-bond donors (Lipinski definition) is 1. The van der Waals surface area contributed by atoms with Crippen molar-refractivity contribution in [2.45, 2.75) is 12.5 Å². The third-order valence-electron chi connectivity index (χ3n) is 2.37. The fourth-order valence-corrected chi connectivity index (χ4v) is 2.20. The van der Waals surface area contributed by atoms with Gasteiger partial charge in [-0.1, -0.05) is 29.3 Å². The van der Waals surface area contributed by atoms with Crippen LogP contribution in [0.25, 0.3) is 0 Å². The van der Waals surface area contributed by atoms with Gasteiger partial charge in [0.15, 0.2) is 0 Å². The SMILES string of the molecule is C[C@]1(c2ccc(Cl)cc2Cl)COC(N)=N1. The fourth-order valence-electron chi connectivity index (χ4n) is 1.59. The maximum Gasteiger partial charge on any atom is 0.283 e. The molecular formula is C10H10Cl2N2O. The highest BCUT2D eigenvalue weighted by atomic mass is 35.5. The minimum atomic E-state index is -0.508. The number of hydrogen-bond acceptors (Lipinski definition) is 3. The molecule has 0 aliphatic carbocycles. The molecule has 0 amide bonds. The van der Waals surface area contributed by atoms with Crippen LogP contribution in [0.5, 0.6) is 0 Å². The van der Waals surface area contributed by atoms with Crippen molar-refractivity contribution in [3.63, 3.8) is 0 Å². The molecule has 1 aromatic carbocycles. The van der Waals surface area contributed by atoms with Crippen LogP contribution in [-0.2, 0) is 10.3 Å². The van der Waals surface area contributed by atoms with Crippen LogP contribution in [0.15, 0.2) is 23.2 Å². The van der Waals surface area contributed by atoms with E-state index in [1.54, 1.807) is 12.1 Å². The molecule has 1 aliphatic heterocycles. The molecule has 0 unspecified atom stereocenters. The number of nitrogens with two attached hydrogens (primary N) is 1. The van der Waals surface area contributed by atoms with Gasteiger partial charge < -0.3 is 10.5 Å². The topological polar surface area (TPSA) is 47.6 Å². The van der Waals surface area contributed by atoms with Gasteiger partial charge in [-0.05, 0) is 19.1 Å². The molecule has 0 radical (unpaired) electrons. The van der Waals surface area contributed by atoms with Crippen molar-refractivity contribution in [1.29, 1.82) is 0 Å². The highest BCUT2D eigenvalue weighted by Gasteiger charge is 2.34. The first kappa shape index (κ1) is 10.6. The Hall–Kier alpha value is -0.930. The van der Waals surface area contributed by atoms with Crippen LogP contribution in [0.1, 0.15) is 12.5 Å². The van der Waals surface area contributed by atoms with Crippen molar-refractivity contribution in [3.05, 3.63) is 33.8 Å². The molecule has 2 rings (SSSR count). The minimum absolute atomic E-state index is 0.198. The molecule has 80 valence electrons. The summed E-state index contributed by atoms with van der Waals surface area (Å²) in [4.78, 5) is 4.23. The molecule has 5 heteroatoms. The van der Waals surface area contributed by atoms with Gasteiger partial charge in [0.2, 0.25) is 0 Å². The fraction of sp³-hybridized carbons (Fsp3) is 0.300. The lowest BCUT2D eigenvalue weighted by Gasteiger charge is -2.20. The zero-order valence-electron chi connectivity index (χ0n) is 8.13. The standard InChI is InChI=1S/C10H10Cl2N2O/c1-10(5-15-9(13)14-10)7-3-2-6(11)4-8(7)12/h2-4H,5H2,1H3,(H2,13,14)/t10-/m1/s1. The van der Waals surface area contributed by atoms with Crippen molar-refractivity contribution in [3.8, 4) is 0 Å². The first-order valence-electron chi connectivity index (χ1n) is 4.45. The molecule has 0 spiro atoms. The van der Waals surface area contributed by atoms with Crippen molar-refractivity contribution < 1.29 is 4.74 Å². The number of nitrogens with zero attached hydrogens (tertiary/aromatic N) is 1. The lowest BCUT2D eigenvalue weighted by Crippen LogP contribution is -2.21. The zero-order chi connectivity index (χ0) is 11.1. The number of aliphatic imine (C=N–C) groups is 1. The summed E-state index contributed by atoms with van der Waals surface area (Å²) in [6.07, 6.45) is 0. The number of benzene rings is 1. The molecule has 0 bridgehead atoms. The van der Waals surface area contributed by atoms with E-state index >= 15 is 0 Å². The monoisotopic (exact) mass is 244 g/mol. The van der Waals surface area contributed by atoms with Gasteiger partial charge in [0.05, 0.1) is 0 Å². The van der Waals surface area contributed by atoms with Crippen LogP contribution in [0.2, 0.25) is 10.0 Å². The number of ether oxygens (including phenoxy) is 1. The van der Waals surface area contributed by atoms with Crippen molar-refractivity contribution >= 4 is 29.2 Å². The van der Waals surface area contributed by atoms with E-state index in [4.69, 9.17) is 33.7 Å². The van der Waals surface area contributed by atoms with E-state index in [0.717, 1.165) is 5.56 Å². The lowest BCUT2D eigenvalue weighted by atomic mass is 9.94. The second-order valence-corrected chi connectivity index (χ2v) is 4.48. The van der Waals surface area contributed by atoms with Crippen LogP contribution < -0.4 is 5.73 Å². The van der Waals surface area contributed by atoms with E-state index < -0.39 is 5.54 Å². The van der Waals surface area contributed by atoms with E-state index in [9.17, 15) is 0 Å². The van der Waals surface area contributed by atoms with Crippen LogP contribution in [0.4, 0.5) is 0 Å². The molecule has 0 saturated carbocycles. The molecule has 15 heavy (non-hydrogen) atoms. The summed E-state index contributed by atoms with van der Waals surface area (Å²) < 4.78 is 5.14. The molecule has 2 N–H and O–H groups in total. The first-order chi connectivity index (χ1) is 7.01. The summed E-state index contributed by atoms with van der Waals surface area (Å²) in [5.74, 6) is 0. The lowest BCUT2D eigenvalue weighted by molar-refractivity contribution is 0.266. The number of rotatable bonds is 1. The van der Waals surface area contributed by atoms with Crippen molar-refractivity contribution in [1.82, 2.24) is 0 Å². The highest BCUT2D eigenvalue weighted by Crippen LogP contribution is 2.35. The summed E-state index contributed by atoms with van der Waals surface area (Å²) in [6.45, 7) is 2.32. The first-order valence-corrected chi connectivity index (χ1v) is 5.20. The molecular weight excluding hydrogens is 235 g/mol. The maximum absolute atomic E-state index is 6.10. The molecule has 0 saturated heterocycles. The van der Waals surface area contributed by atoms with Gasteiger partial charge in [-0.2, -0.15) is 0 Å². The second-order valence-electron chi connectivity index (χ2n) is 3.64. The predicted molar refractivity (Wildman–Crippen MR) is 61.4 cm³/mol. The Kier molecular flexibility index (Phi) is 2.52. The van der Waals surface area contributed by atoms with Gasteiger partial charge >= 0.3 is 0 Å². The third kappa shape index (κ3) is 1.90. The second kappa shape index (κ2) is 3.58. The predicted octanol–water partition coefficient (Wildman–Crippen LogP) is 2.55. The van der Waals surface area contributed by atoms with Crippen LogP contribution in [0, 0.1) is 0 Å². The Balaban J connectivity index is 2.46.